The second-order valence-electron chi connectivity index (χ2n) is 5.83. The van der Waals surface area contributed by atoms with Gasteiger partial charge in [-0.3, -0.25) is 4.79 Å². The average molecular weight is 396 g/mol. The number of hydrogen-bond acceptors (Lipinski definition) is 6. The van der Waals surface area contributed by atoms with Gasteiger partial charge in [-0.15, -0.1) is 11.8 Å². The zero-order valence-electron chi connectivity index (χ0n) is 13.7. The number of hydrogen-bond donors (Lipinski definition) is 1. The van der Waals surface area contributed by atoms with E-state index in [0.29, 0.717) is 23.7 Å². The van der Waals surface area contributed by atoms with Crippen LogP contribution in [0.3, 0.4) is 0 Å². The highest BCUT2D eigenvalue weighted by Gasteiger charge is 2.28. The summed E-state index contributed by atoms with van der Waals surface area (Å²) in [5, 5.41) is 2.69. The lowest BCUT2D eigenvalue weighted by molar-refractivity contribution is -0.113. The van der Waals surface area contributed by atoms with Crippen molar-refractivity contribution in [3.63, 3.8) is 0 Å². The number of nitrogens with one attached hydrogen (secondary N) is 1. The van der Waals surface area contributed by atoms with E-state index in [4.69, 9.17) is 4.74 Å². The summed E-state index contributed by atoms with van der Waals surface area (Å²) >= 11 is 1.35. The van der Waals surface area contributed by atoms with E-state index in [1.54, 1.807) is 12.1 Å². The van der Waals surface area contributed by atoms with Crippen molar-refractivity contribution in [2.24, 2.45) is 0 Å². The van der Waals surface area contributed by atoms with Crippen LogP contribution in [0.5, 0.6) is 11.6 Å². The summed E-state index contributed by atoms with van der Waals surface area (Å²) < 4.78 is 41.1. The molecule has 1 unspecified atom stereocenters. The number of anilines is 1. The molecule has 1 aliphatic rings. The maximum absolute atomic E-state index is 12.9. The Kier molecular flexibility index (Phi) is 5.77. The van der Waals surface area contributed by atoms with Crippen LogP contribution in [0.15, 0.2) is 42.6 Å². The first kappa shape index (κ1) is 18.7. The van der Waals surface area contributed by atoms with E-state index in [1.165, 1.54) is 42.2 Å². The van der Waals surface area contributed by atoms with Crippen LogP contribution in [-0.4, -0.2) is 41.8 Å². The number of sulfone groups is 1. The predicted octanol–water partition coefficient (Wildman–Crippen LogP) is 2.87. The van der Waals surface area contributed by atoms with Gasteiger partial charge in [-0.05, 0) is 36.8 Å². The smallest absolute Gasteiger partial charge is 0.234 e. The number of carbonyl (C=O) groups excluding carboxylic acids is 1. The van der Waals surface area contributed by atoms with Crippen molar-refractivity contribution < 1.29 is 22.3 Å². The minimum absolute atomic E-state index is 0.0182. The molecule has 9 heteroatoms. The van der Waals surface area contributed by atoms with Gasteiger partial charge in [0.05, 0.1) is 29.1 Å². The van der Waals surface area contributed by atoms with Gasteiger partial charge in [0.15, 0.2) is 9.84 Å². The molecule has 26 heavy (non-hydrogen) atoms. The molecule has 3 rings (SSSR count). The monoisotopic (exact) mass is 396 g/mol. The molecule has 0 spiro atoms. The first-order valence-electron chi connectivity index (χ1n) is 7.91. The number of halogens is 1. The molecule has 0 bridgehead atoms. The highest BCUT2D eigenvalue weighted by atomic mass is 32.2. The number of rotatable bonds is 6. The van der Waals surface area contributed by atoms with Gasteiger partial charge < -0.3 is 10.1 Å². The Hall–Kier alpha value is -2.13. The van der Waals surface area contributed by atoms with Gasteiger partial charge in [-0.1, -0.05) is 0 Å². The molecule has 1 amide bonds. The molecule has 1 saturated heterocycles. The topological polar surface area (TPSA) is 85.4 Å². The molecule has 1 fully saturated rings. The lowest BCUT2D eigenvalue weighted by Crippen LogP contribution is -2.17. The second-order valence-corrected chi connectivity index (χ2v) is 9.34. The van der Waals surface area contributed by atoms with Gasteiger partial charge in [0, 0.05) is 11.3 Å². The number of nitrogens with zero attached hydrogens (tertiary/aromatic N) is 1. The highest BCUT2D eigenvalue weighted by molar-refractivity contribution is 8.02. The van der Waals surface area contributed by atoms with Crippen LogP contribution in [-0.2, 0) is 14.6 Å². The molecule has 6 nitrogen and oxygen atoms in total. The molecule has 0 saturated carbocycles. The first-order valence-corrected chi connectivity index (χ1v) is 10.8. The zero-order valence-corrected chi connectivity index (χ0v) is 15.4. The van der Waals surface area contributed by atoms with E-state index in [-0.39, 0.29) is 34.2 Å². The number of aromatic nitrogens is 1. The molecular formula is C17H17FN2O4S2. The van der Waals surface area contributed by atoms with Crippen LogP contribution in [0.4, 0.5) is 10.1 Å². The average Bonchev–Trinajstić information content (AvgIpc) is 2.96. The van der Waals surface area contributed by atoms with Gasteiger partial charge in [0.2, 0.25) is 11.8 Å². The quantitative estimate of drug-likeness (QED) is 0.808. The number of carbonyl (C=O) groups is 1. The Balaban J connectivity index is 1.47. The Bertz CT molecular complexity index is 871. The Morgan fingerprint density at radius 1 is 1.27 bits per heavy atom. The van der Waals surface area contributed by atoms with Crippen LogP contribution < -0.4 is 10.1 Å². The van der Waals surface area contributed by atoms with Gasteiger partial charge >= 0.3 is 0 Å². The van der Waals surface area contributed by atoms with E-state index in [2.05, 4.69) is 10.3 Å². The van der Waals surface area contributed by atoms with Crippen molar-refractivity contribution in [2.45, 2.75) is 11.7 Å². The summed E-state index contributed by atoms with van der Waals surface area (Å²) in [4.78, 5) is 16.1. The maximum atomic E-state index is 12.9. The van der Waals surface area contributed by atoms with E-state index >= 15 is 0 Å². The van der Waals surface area contributed by atoms with E-state index in [1.807, 2.05) is 0 Å². The highest BCUT2D eigenvalue weighted by Crippen LogP contribution is 2.25. The third-order valence-corrected chi connectivity index (χ3v) is 6.98. The third kappa shape index (κ3) is 5.43. The first-order chi connectivity index (χ1) is 12.4. The van der Waals surface area contributed by atoms with E-state index in [9.17, 15) is 17.6 Å². The Labute approximate surface area is 155 Å². The largest absolute Gasteiger partial charge is 0.439 e. The fraction of sp³-hybridized carbons (Fsp3) is 0.294. The van der Waals surface area contributed by atoms with Crippen molar-refractivity contribution in [3.8, 4) is 11.6 Å². The number of pyridine rings is 1. The maximum Gasteiger partial charge on any atom is 0.234 e. The molecule has 0 aliphatic carbocycles. The Morgan fingerprint density at radius 3 is 2.65 bits per heavy atom. The molecule has 138 valence electrons. The fourth-order valence-corrected chi connectivity index (χ4v) is 5.86. The van der Waals surface area contributed by atoms with Crippen LogP contribution in [0.25, 0.3) is 0 Å². The van der Waals surface area contributed by atoms with Gasteiger partial charge in [0.25, 0.3) is 0 Å². The molecule has 1 aliphatic heterocycles. The van der Waals surface area contributed by atoms with Crippen molar-refractivity contribution in [1.29, 1.82) is 0 Å². The number of thioether (sulfide) groups is 1. The summed E-state index contributed by atoms with van der Waals surface area (Å²) in [5.41, 5.74) is 0.515. The van der Waals surface area contributed by atoms with E-state index < -0.39 is 9.84 Å². The number of benzene rings is 1. The van der Waals surface area contributed by atoms with Crippen molar-refractivity contribution >= 4 is 33.2 Å². The molecule has 1 aromatic carbocycles. The number of ether oxygens (including phenoxy) is 1. The molecule has 1 aromatic heterocycles. The molecule has 1 atom stereocenters. The summed E-state index contributed by atoms with van der Waals surface area (Å²) in [6, 6.07) is 8.80. The molecular weight excluding hydrogens is 379 g/mol. The molecule has 2 aromatic rings. The normalized spacial score (nSPS) is 18.4. The van der Waals surface area contributed by atoms with Gasteiger partial charge in [-0.2, -0.15) is 0 Å². The summed E-state index contributed by atoms with van der Waals surface area (Å²) in [6.07, 6.45) is 2.05. The minimum Gasteiger partial charge on any atom is -0.439 e. The Morgan fingerprint density at radius 2 is 2.04 bits per heavy atom. The number of amides is 1. The zero-order chi connectivity index (χ0) is 18.6. The minimum atomic E-state index is -2.93. The SMILES string of the molecule is O=C(CSC1CCS(=O)(=O)C1)Nc1ccc(Oc2ccc(F)cc2)nc1. The summed E-state index contributed by atoms with van der Waals surface area (Å²) in [6.45, 7) is 0. The third-order valence-electron chi connectivity index (χ3n) is 3.70. The van der Waals surface area contributed by atoms with E-state index in [0.717, 1.165) is 0 Å². The van der Waals surface area contributed by atoms with Crippen molar-refractivity contribution in [1.82, 2.24) is 4.98 Å². The van der Waals surface area contributed by atoms with Crippen molar-refractivity contribution in [3.05, 3.63) is 48.4 Å². The summed E-state index contributed by atoms with van der Waals surface area (Å²) in [5.74, 6) is 0.741. The van der Waals surface area contributed by atoms with Crippen LogP contribution in [0, 0.1) is 5.82 Å². The molecule has 2 heterocycles. The fourth-order valence-electron chi connectivity index (χ4n) is 2.42. The van der Waals surface area contributed by atoms with Gasteiger partial charge in [0.1, 0.15) is 11.6 Å². The standard InChI is InChI=1S/C17H17FN2O4S2/c18-12-1-4-14(5-2-12)24-17-6-3-13(9-19-17)20-16(21)10-25-15-7-8-26(22,23)11-15/h1-6,9,15H,7-8,10-11H2,(H,20,21). The molecule has 0 radical (unpaired) electrons. The van der Waals surface area contributed by atoms with Crippen LogP contribution in [0.1, 0.15) is 6.42 Å². The van der Waals surface area contributed by atoms with Gasteiger partial charge in [-0.25, -0.2) is 17.8 Å². The van der Waals surface area contributed by atoms with Crippen LogP contribution in [0.2, 0.25) is 0 Å². The summed E-state index contributed by atoms with van der Waals surface area (Å²) in [7, 11) is -2.93. The van der Waals surface area contributed by atoms with Crippen molar-refractivity contribution in [2.75, 3.05) is 22.6 Å². The second kappa shape index (κ2) is 8.05. The lowest BCUT2D eigenvalue weighted by Gasteiger charge is -2.09. The predicted molar refractivity (Wildman–Crippen MR) is 98.9 cm³/mol. The lowest BCUT2D eigenvalue weighted by atomic mass is 10.3. The van der Waals surface area contributed by atoms with Crippen LogP contribution >= 0.6 is 11.8 Å². The molecule has 1 N–H and O–H groups in total.